The predicted molar refractivity (Wildman–Crippen MR) is 198 cm³/mol. The number of hydrogen-bond donors (Lipinski definition) is 0. The van der Waals surface area contributed by atoms with Gasteiger partial charge in [-0.3, -0.25) is 0 Å². The van der Waals surface area contributed by atoms with Crippen LogP contribution in [0.2, 0.25) is 0 Å². The van der Waals surface area contributed by atoms with E-state index in [-0.39, 0.29) is 5.41 Å². The number of hydrogen-bond acceptors (Lipinski definition) is 5. The zero-order valence-electron chi connectivity index (χ0n) is 31.6. The topological polar surface area (TPSA) is 54.0 Å². The fraction of sp³-hybridized carbons (Fsp3) is 0.976. The maximum Gasteiger partial charge on any atom is 0.122 e. The van der Waals surface area contributed by atoms with Gasteiger partial charge in [-0.1, -0.05) is 175 Å². The predicted octanol–water partition coefficient (Wildman–Crippen LogP) is 12.2. The molecular weight excluding hydrogens is 572 g/mol. The van der Waals surface area contributed by atoms with Crippen molar-refractivity contribution in [1.29, 1.82) is 0 Å². The molecule has 0 rings (SSSR count). The summed E-state index contributed by atoms with van der Waals surface area (Å²) in [5, 5.41) is 0. The Morgan fingerprint density at radius 2 is 0.587 bits per heavy atom. The second-order valence-corrected chi connectivity index (χ2v) is 14.2. The highest BCUT2D eigenvalue weighted by molar-refractivity contribution is 5.49. The minimum absolute atomic E-state index is 0.333. The van der Waals surface area contributed by atoms with Gasteiger partial charge in [-0.05, 0) is 19.3 Å². The van der Waals surface area contributed by atoms with Gasteiger partial charge in [0.2, 0.25) is 0 Å². The smallest absolute Gasteiger partial charge is 0.122 e. The van der Waals surface area contributed by atoms with Crippen molar-refractivity contribution in [2.24, 2.45) is 5.41 Å². The first-order chi connectivity index (χ1) is 22.7. The van der Waals surface area contributed by atoms with Crippen LogP contribution < -0.4 is 0 Å². The molecule has 0 aromatic carbocycles. The molecule has 0 radical (unpaired) electrons. The zero-order valence-corrected chi connectivity index (χ0v) is 31.6. The van der Waals surface area contributed by atoms with Gasteiger partial charge in [-0.25, -0.2) is 0 Å². The van der Waals surface area contributed by atoms with Gasteiger partial charge in [0.25, 0.3) is 0 Å². The lowest BCUT2D eigenvalue weighted by molar-refractivity contribution is -0.115. The molecule has 0 bridgehead atoms. The molecule has 0 aliphatic rings. The Bertz CT molecular complexity index is 504. The summed E-state index contributed by atoms with van der Waals surface area (Å²) in [5.74, 6) is 0. The van der Waals surface area contributed by atoms with Gasteiger partial charge < -0.3 is 23.7 Å². The molecule has 0 unspecified atom stereocenters. The molecule has 0 fully saturated rings. The first-order valence-corrected chi connectivity index (χ1v) is 20.5. The highest BCUT2D eigenvalue weighted by atomic mass is 16.5. The molecule has 0 aliphatic heterocycles. The second-order valence-electron chi connectivity index (χ2n) is 14.2. The van der Waals surface area contributed by atoms with Crippen molar-refractivity contribution >= 4 is 6.29 Å². The molecule has 0 amide bonds. The molecule has 0 atom stereocenters. The van der Waals surface area contributed by atoms with Gasteiger partial charge >= 0.3 is 0 Å². The monoisotopic (exact) mass is 655 g/mol. The number of carbonyl (C=O) groups is 1. The van der Waals surface area contributed by atoms with E-state index in [1.807, 2.05) is 0 Å². The Kier molecular flexibility index (Phi) is 38.5. The van der Waals surface area contributed by atoms with Crippen LogP contribution in [0, 0.1) is 5.41 Å². The molecule has 0 heterocycles. The Labute approximate surface area is 288 Å². The Morgan fingerprint density at radius 3 is 0.848 bits per heavy atom. The van der Waals surface area contributed by atoms with Crippen LogP contribution in [0.1, 0.15) is 201 Å². The van der Waals surface area contributed by atoms with E-state index < -0.39 is 0 Å². The lowest BCUT2D eigenvalue weighted by Gasteiger charge is -2.33. The highest BCUT2D eigenvalue weighted by Crippen LogP contribution is 2.22. The van der Waals surface area contributed by atoms with Gasteiger partial charge in [-0.2, -0.15) is 0 Å². The van der Waals surface area contributed by atoms with E-state index in [0.717, 1.165) is 45.4 Å². The van der Waals surface area contributed by atoms with Crippen LogP contribution in [-0.4, -0.2) is 59.1 Å². The average molecular weight is 655 g/mol. The van der Waals surface area contributed by atoms with Crippen molar-refractivity contribution in [2.75, 3.05) is 52.9 Å². The minimum atomic E-state index is -0.333. The fourth-order valence-corrected chi connectivity index (χ4v) is 6.08. The minimum Gasteiger partial charge on any atom is -0.381 e. The first kappa shape index (κ1) is 45.5. The number of ether oxygens (including phenoxy) is 4. The molecular formula is C41H82O5. The van der Waals surface area contributed by atoms with Gasteiger partial charge in [0, 0.05) is 26.2 Å². The summed E-state index contributed by atoms with van der Waals surface area (Å²) in [6.07, 6.45) is 36.8. The summed E-state index contributed by atoms with van der Waals surface area (Å²) in [5.41, 5.74) is -0.333. The van der Waals surface area contributed by atoms with Crippen molar-refractivity contribution < 1.29 is 23.7 Å². The number of aldehydes is 1. The number of unbranched alkanes of at least 4 members (excludes halogenated alkanes) is 24. The molecule has 5 heteroatoms. The molecule has 0 N–H and O–H groups in total. The van der Waals surface area contributed by atoms with E-state index in [9.17, 15) is 4.79 Å². The molecule has 0 saturated carbocycles. The van der Waals surface area contributed by atoms with Gasteiger partial charge in [0.15, 0.2) is 0 Å². The maximum atomic E-state index is 10.9. The lowest BCUT2D eigenvalue weighted by atomic mass is 9.92. The molecule has 0 aromatic rings. The summed E-state index contributed by atoms with van der Waals surface area (Å²) < 4.78 is 24.9. The third kappa shape index (κ3) is 33.4. The largest absolute Gasteiger partial charge is 0.381 e. The van der Waals surface area contributed by atoms with E-state index >= 15 is 0 Å². The van der Waals surface area contributed by atoms with Crippen molar-refractivity contribution in [3.63, 3.8) is 0 Å². The van der Waals surface area contributed by atoms with Gasteiger partial charge in [-0.15, -0.1) is 0 Å². The Balaban J connectivity index is 4.65. The van der Waals surface area contributed by atoms with E-state index in [0.29, 0.717) is 39.5 Å². The van der Waals surface area contributed by atoms with Crippen LogP contribution in [0.15, 0.2) is 0 Å². The SMILES string of the molecule is CCCCCCCCCCCOCC(COCCC=O)(COCCCCCCCCCCC)COCCCCCCCCCCC. The third-order valence-electron chi connectivity index (χ3n) is 9.19. The van der Waals surface area contributed by atoms with Crippen LogP contribution in [0.5, 0.6) is 0 Å². The molecule has 0 aliphatic carbocycles. The maximum absolute atomic E-state index is 10.9. The summed E-state index contributed by atoms with van der Waals surface area (Å²) >= 11 is 0. The molecule has 0 aromatic heterocycles. The second kappa shape index (κ2) is 39.0. The first-order valence-electron chi connectivity index (χ1n) is 20.5. The molecule has 0 spiro atoms. The standard InChI is InChI=1S/C41H82O5/c1-4-7-10-13-16-19-22-25-28-33-43-37-41(40-46-36-31-32-42,38-44-34-29-26-23-20-17-14-11-8-5-2)39-45-35-30-27-24-21-18-15-12-9-6-3/h32H,4-31,33-40H2,1-3H3. The molecule has 276 valence electrons. The fourth-order valence-electron chi connectivity index (χ4n) is 6.08. The van der Waals surface area contributed by atoms with E-state index in [1.54, 1.807) is 0 Å². The van der Waals surface area contributed by atoms with Crippen molar-refractivity contribution in [1.82, 2.24) is 0 Å². The van der Waals surface area contributed by atoms with Gasteiger partial charge in [0.05, 0.1) is 38.4 Å². The van der Waals surface area contributed by atoms with Crippen molar-refractivity contribution in [3.8, 4) is 0 Å². The quantitative estimate of drug-likeness (QED) is 0.0485. The van der Waals surface area contributed by atoms with E-state index in [4.69, 9.17) is 18.9 Å². The van der Waals surface area contributed by atoms with E-state index in [2.05, 4.69) is 20.8 Å². The zero-order chi connectivity index (χ0) is 33.5. The van der Waals surface area contributed by atoms with E-state index in [1.165, 1.54) is 154 Å². The average Bonchev–Trinajstić information content (AvgIpc) is 3.07. The third-order valence-corrected chi connectivity index (χ3v) is 9.19. The lowest BCUT2D eigenvalue weighted by Crippen LogP contribution is -2.42. The van der Waals surface area contributed by atoms with Crippen LogP contribution in [-0.2, 0) is 23.7 Å². The number of carbonyl (C=O) groups excluding carboxylic acids is 1. The van der Waals surface area contributed by atoms with Crippen molar-refractivity contribution in [2.45, 2.75) is 201 Å². The van der Waals surface area contributed by atoms with Crippen LogP contribution in [0.3, 0.4) is 0 Å². The van der Waals surface area contributed by atoms with Crippen LogP contribution in [0.25, 0.3) is 0 Å². The number of rotatable bonds is 41. The molecule has 5 nitrogen and oxygen atoms in total. The molecule has 0 saturated heterocycles. The summed E-state index contributed by atoms with van der Waals surface area (Å²) in [7, 11) is 0. The van der Waals surface area contributed by atoms with Crippen LogP contribution in [0.4, 0.5) is 0 Å². The van der Waals surface area contributed by atoms with Crippen molar-refractivity contribution in [3.05, 3.63) is 0 Å². The highest BCUT2D eigenvalue weighted by Gasteiger charge is 2.32. The summed E-state index contributed by atoms with van der Waals surface area (Å²) in [6.45, 7) is 11.9. The Hall–Kier alpha value is -0.490. The summed E-state index contributed by atoms with van der Waals surface area (Å²) in [4.78, 5) is 10.9. The normalized spacial score (nSPS) is 11.9. The molecule has 46 heavy (non-hydrogen) atoms. The summed E-state index contributed by atoms with van der Waals surface area (Å²) in [6, 6.07) is 0. The van der Waals surface area contributed by atoms with Crippen LogP contribution >= 0.6 is 0 Å². The van der Waals surface area contributed by atoms with Gasteiger partial charge in [0.1, 0.15) is 6.29 Å². The Morgan fingerprint density at radius 1 is 0.348 bits per heavy atom.